The third-order valence-corrected chi connectivity index (χ3v) is 4.23. The van der Waals surface area contributed by atoms with Crippen molar-refractivity contribution in [1.29, 1.82) is 0 Å². The van der Waals surface area contributed by atoms with Crippen molar-refractivity contribution in [3.63, 3.8) is 0 Å². The molecule has 0 aliphatic carbocycles. The molecule has 2 rings (SSSR count). The van der Waals surface area contributed by atoms with Crippen molar-refractivity contribution in [2.45, 2.75) is 4.90 Å². The van der Waals surface area contributed by atoms with Gasteiger partial charge in [0.05, 0.1) is 18.9 Å². The van der Waals surface area contributed by atoms with Gasteiger partial charge in [-0.15, -0.1) is 0 Å². The van der Waals surface area contributed by atoms with Crippen LogP contribution in [0.25, 0.3) is 0 Å². The Hall–Kier alpha value is -1.64. The first-order valence-corrected chi connectivity index (χ1v) is 8.06. The summed E-state index contributed by atoms with van der Waals surface area (Å²) in [5, 5.41) is 5.24. The van der Waals surface area contributed by atoms with Gasteiger partial charge in [0.15, 0.2) is 0 Å². The first-order chi connectivity index (χ1) is 9.80. The van der Waals surface area contributed by atoms with Crippen molar-refractivity contribution in [2.24, 2.45) is 5.14 Å². The molecule has 1 saturated heterocycles. The number of nitrogens with two attached hydrogens (primary N) is 1. The van der Waals surface area contributed by atoms with Crippen molar-refractivity contribution in [3.05, 3.63) is 23.8 Å². The Kier molecular flexibility index (Phi) is 4.50. The van der Waals surface area contributed by atoms with E-state index in [1.165, 1.54) is 6.07 Å². The Labute approximate surface area is 124 Å². The van der Waals surface area contributed by atoms with E-state index in [1.54, 1.807) is 36.0 Å². The molecule has 0 bridgehead atoms. The number of carbonyl (C=O) groups is 1. The van der Waals surface area contributed by atoms with Crippen LogP contribution in [-0.4, -0.2) is 59.6 Å². The molecule has 1 aromatic rings. The second kappa shape index (κ2) is 6.00. The first-order valence-electron chi connectivity index (χ1n) is 6.52. The SMILES string of the molecule is CN(C)c1ccc(C(=O)N2CCOCC2)cc1S(N)(=O)=O. The molecule has 21 heavy (non-hydrogen) atoms. The van der Waals surface area contributed by atoms with E-state index < -0.39 is 10.0 Å². The summed E-state index contributed by atoms with van der Waals surface area (Å²) >= 11 is 0. The fraction of sp³-hybridized carbons (Fsp3) is 0.462. The smallest absolute Gasteiger partial charge is 0.254 e. The standard InChI is InChI=1S/C13H19N3O4S/c1-15(2)11-4-3-10(9-12(11)21(14,18)19)13(17)16-5-7-20-8-6-16/h3-4,9H,5-8H2,1-2H3,(H2,14,18,19). The third-order valence-electron chi connectivity index (χ3n) is 3.29. The zero-order chi connectivity index (χ0) is 15.6. The van der Waals surface area contributed by atoms with Crippen LogP contribution in [0, 0.1) is 0 Å². The zero-order valence-corrected chi connectivity index (χ0v) is 12.9. The molecular formula is C13H19N3O4S. The lowest BCUT2D eigenvalue weighted by Crippen LogP contribution is -2.40. The molecule has 0 radical (unpaired) electrons. The van der Waals surface area contributed by atoms with Gasteiger partial charge in [0.1, 0.15) is 4.90 Å². The highest BCUT2D eigenvalue weighted by molar-refractivity contribution is 7.89. The number of anilines is 1. The second-order valence-corrected chi connectivity index (χ2v) is 6.56. The molecule has 7 nitrogen and oxygen atoms in total. The average Bonchev–Trinajstić information content (AvgIpc) is 2.45. The molecule has 116 valence electrons. The van der Waals surface area contributed by atoms with Crippen molar-refractivity contribution in [1.82, 2.24) is 4.90 Å². The van der Waals surface area contributed by atoms with Gasteiger partial charge in [-0.3, -0.25) is 4.79 Å². The molecule has 0 spiro atoms. The van der Waals surface area contributed by atoms with Crippen molar-refractivity contribution in [2.75, 3.05) is 45.3 Å². The summed E-state index contributed by atoms with van der Waals surface area (Å²) in [6.07, 6.45) is 0. The average molecular weight is 313 g/mol. The van der Waals surface area contributed by atoms with E-state index in [1.807, 2.05) is 0 Å². The second-order valence-electron chi connectivity index (χ2n) is 5.03. The molecule has 2 N–H and O–H groups in total. The number of amides is 1. The molecule has 0 aromatic heterocycles. The van der Waals surface area contributed by atoms with Crippen LogP contribution < -0.4 is 10.0 Å². The number of hydrogen-bond acceptors (Lipinski definition) is 5. The highest BCUT2D eigenvalue weighted by atomic mass is 32.2. The highest BCUT2D eigenvalue weighted by Gasteiger charge is 2.22. The van der Waals surface area contributed by atoms with Gasteiger partial charge in [-0.25, -0.2) is 13.6 Å². The summed E-state index contributed by atoms with van der Waals surface area (Å²) in [5.41, 5.74) is 0.766. The molecule has 1 aliphatic heterocycles. The van der Waals surface area contributed by atoms with Gasteiger partial charge in [0.2, 0.25) is 10.0 Å². The number of sulfonamides is 1. The van der Waals surface area contributed by atoms with Crippen LogP contribution in [0.5, 0.6) is 0 Å². The van der Waals surface area contributed by atoms with E-state index in [4.69, 9.17) is 9.88 Å². The lowest BCUT2D eigenvalue weighted by Gasteiger charge is -2.27. The maximum absolute atomic E-state index is 12.4. The van der Waals surface area contributed by atoms with Gasteiger partial charge >= 0.3 is 0 Å². The maximum atomic E-state index is 12.4. The minimum atomic E-state index is -3.90. The van der Waals surface area contributed by atoms with Crippen LogP contribution in [-0.2, 0) is 14.8 Å². The molecule has 1 aromatic carbocycles. The Bertz CT molecular complexity index is 637. The molecule has 1 heterocycles. The fourth-order valence-electron chi connectivity index (χ4n) is 2.19. The van der Waals surface area contributed by atoms with Crippen LogP contribution in [0.4, 0.5) is 5.69 Å². The van der Waals surface area contributed by atoms with Gasteiger partial charge in [-0.2, -0.15) is 0 Å². The summed E-state index contributed by atoms with van der Waals surface area (Å²) in [7, 11) is -0.471. The number of rotatable bonds is 3. The lowest BCUT2D eigenvalue weighted by atomic mass is 10.1. The van der Waals surface area contributed by atoms with Gasteiger partial charge in [0, 0.05) is 32.7 Å². The third kappa shape index (κ3) is 3.52. The van der Waals surface area contributed by atoms with Crippen molar-refractivity contribution in [3.8, 4) is 0 Å². The summed E-state index contributed by atoms with van der Waals surface area (Å²) in [5.74, 6) is -0.214. The van der Waals surface area contributed by atoms with Gasteiger partial charge in [0.25, 0.3) is 5.91 Å². The van der Waals surface area contributed by atoms with Gasteiger partial charge < -0.3 is 14.5 Å². The summed E-state index contributed by atoms with van der Waals surface area (Å²) in [4.78, 5) is 15.6. The number of morpholine rings is 1. The van der Waals surface area contributed by atoms with Crippen molar-refractivity contribution < 1.29 is 17.9 Å². The number of ether oxygens (including phenoxy) is 1. The summed E-state index contributed by atoms with van der Waals surface area (Å²) in [6.45, 7) is 1.98. The van der Waals surface area contributed by atoms with Crippen LogP contribution in [0.1, 0.15) is 10.4 Å². The van der Waals surface area contributed by atoms with E-state index in [2.05, 4.69) is 0 Å². The number of benzene rings is 1. The van der Waals surface area contributed by atoms with Crippen LogP contribution in [0.2, 0.25) is 0 Å². The number of hydrogen-bond donors (Lipinski definition) is 1. The topological polar surface area (TPSA) is 92.9 Å². The molecule has 0 unspecified atom stereocenters. The van der Waals surface area contributed by atoms with Crippen LogP contribution >= 0.6 is 0 Å². The largest absolute Gasteiger partial charge is 0.378 e. The van der Waals surface area contributed by atoms with Gasteiger partial charge in [-0.1, -0.05) is 0 Å². The predicted octanol–water partition coefficient (Wildman–Crippen LogP) is -0.128. The normalized spacial score (nSPS) is 15.9. The van der Waals surface area contributed by atoms with Crippen LogP contribution in [0.15, 0.2) is 23.1 Å². The number of carbonyl (C=O) groups excluding carboxylic acids is 1. The lowest BCUT2D eigenvalue weighted by molar-refractivity contribution is 0.0302. The van der Waals surface area contributed by atoms with Crippen molar-refractivity contribution >= 4 is 21.6 Å². The summed E-state index contributed by atoms with van der Waals surface area (Å²) < 4.78 is 28.6. The van der Waals surface area contributed by atoms with E-state index in [0.717, 1.165) is 0 Å². The van der Waals surface area contributed by atoms with E-state index in [0.29, 0.717) is 37.6 Å². The minimum Gasteiger partial charge on any atom is -0.378 e. The summed E-state index contributed by atoms with van der Waals surface area (Å²) in [6, 6.07) is 4.54. The number of nitrogens with zero attached hydrogens (tertiary/aromatic N) is 2. The van der Waals surface area contributed by atoms with Gasteiger partial charge in [-0.05, 0) is 18.2 Å². The molecule has 1 fully saturated rings. The Morgan fingerprint density at radius 3 is 2.43 bits per heavy atom. The Balaban J connectivity index is 2.39. The predicted molar refractivity (Wildman–Crippen MR) is 78.9 cm³/mol. The quantitative estimate of drug-likeness (QED) is 0.839. The minimum absolute atomic E-state index is 0.0494. The Morgan fingerprint density at radius 1 is 1.29 bits per heavy atom. The molecule has 0 saturated carbocycles. The number of primary sulfonamides is 1. The highest BCUT2D eigenvalue weighted by Crippen LogP contribution is 2.24. The van der Waals surface area contributed by atoms with E-state index in [9.17, 15) is 13.2 Å². The first kappa shape index (κ1) is 15.7. The molecular weight excluding hydrogens is 294 g/mol. The van der Waals surface area contributed by atoms with E-state index in [-0.39, 0.29) is 10.8 Å². The van der Waals surface area contributed by atoms with Crippen LogP contribution in [0.3, 0.4) is 0 Å². The molecule has 0 atom stereocenters. The fourth-order valence-corrected chi connectivity index (χ4v) is 3.03. The van der Waals surface area contributed by atoms with E-state index >= 15 is 0 Å². The molecule has 8 heteroatoms. The molecule has 1 amide bonds. The Morgan fingerprint density at radius 2 is 1.90 bits per heavy atom. The monoisotopic (exact) mass is 313 g/mol. The molecule has 1 aliphatic rings. The zero-order valence-electron chi connectivity index (χ0n) is 12.1. The maximum Gasteiger partial charge on any atom is 0.254 e.